The van der Waals surface area contributed by atoms with Crippen LogP contribution in [0.1, 0.15) is 41.5 Å². The van der Waals surface area contributed by atoms with Crippen molar-refractivity contribution in [2.75, 3.05) is 37.4 Å². The lowest BCUT2D eigenvalue weighted by Crippen LogP contribution is -2.29. The standard InChI is InChI=1S/C18H25FN6O/c1-11(2)15-22-17(24-18(23-15)25(4)5)21-9-8-20-16(26)13-7-6-12(3)14(19)10-13/h6-7,10-11H,8-9H2,1-5H3,(H,20,26)(H,21,22,23,24). The van der Waals surface area contributed by atoms with Gasteiger partial charge in [-0.2, -0.15) is 15.0 Å². The SMILES string of the molecule is Cc1ccc(C(=O)NCCNc2nc(C(C)C)nc(N(C)C)n2)cc1F. The Labute approximate surface area is 153 Å². The summed E-state index contributed by atoms with van der Waals surface area (Å²) in [5, 5.41) is 5.83. The number of aryl methyl sites for hydroxylation is 1. The molecule has 0 aliphatic rings. The van der Waals surface area contributed by atoms with Crippen LogP contribution in [-0.2, 0) is 0 Å². The van der Waals surface area contributed by atoms with E-state index in [9.17, 15) is 9.18 Å². The Morgan fingerprint density at radius 1 is 1.19 bits per heavy atom. The highest BCUT2D eigenvalue weighted by Gasteiger charge is 2.11. The third-order valence-electron chi connectivity index (χ3n) is 3.68. The van der Waals surface area contributed by atoms with Crippen LogP contribution in [0.3, 0.4) is 0 Å². The number of rotatable bonds is 7. The van der Waals surface area contributed by atoms with Crippen molar-refractivity contribution >= 4 is 17.8 Å². The molecule has 1 heterocycles. The maximum atomic E-state index is 13.5. The van der Waals surface area contributed by atoms with Crippen molar-refractivity contribution < 1.29 is 9.18 Å². The molecule has 1 aromatic heterocycles. The van der Waals surface area contributed by atoms with E-state index >= 15 is 0 Å². The summed E-state index contributed by atoms with van der Waals surface area (Å²) in [6.07, 6.45) is 0. The van der Waals surface area contributed by atoms with Gasteiger partial charge in [0.15, 0.2) is 0 Å². The van der Waals surface area contributed by atoms with Crippen LogP contribution in [-0.4, -0.2) is 48.0 Å². The lowest BCUT2D eigenvalue weighted by Gasteiger charge is -2.15. The topological polar surface area (TPSA) is 83.0 Å². The Kier molecular flexibility index (Phi) is 6.43. The molecule has 0 aliphatic heterocycles. The quantitative estimate of drug-likeness (QED) is 0.738. The van der Waals surface area contributed by atoms with Crippen molar-refractivity contribution in [2.45, 2.75) is 26.7 Å². The fourth-order valence-corrected chi connectivity index (χ4v) is 2.10. The molecule has 140 valence electrons. The number of anilines is 2. The number of halogens is 1. The van der Waals surface area contributed by atoms with Crippen LogP contribution in [0, 0.1) is 12.7 Å². The molecule has 2 aromatic rings. The van der Waals surface area contributed by atoms with Gasteiger partial charge in [-0.15, -0.1) is 0 Å². The van der Waals surface area contributed by atoms with Gasteiger partial charge < -0.3 is 15.5 Å². The first kappa shape index (κ1) is 19.6. The largest absolute Gasteiger partial charge is 0.352 e. The predicted octanol–water partition coefficient (Wildman–Crippen LogP) is 2.35. The number of amides is 1. The zero-order valence-corrected chi connectivity index (χ0v) is 15.8. The third kappa shape index (κ3) is 5.11. The molecule has 0 atom stereocenters. The summed E-state index contributed by atoms with van der Waals surface area (Å²) in [5.74, 6) is 1.20. The lowest BCUT2D eigenvalue weighted by molar-refractivity contribution is 0.0954. The number of carbonyl (C=O) groups excluding carboxylic acids is 1. The van der Waals surface area contributed by atoms with Gasteiger partial charge in [0.1, 0.15) is 11.6 Å². The summed E-state index contributed by atoms with van der Waals surface area (Å²) in [7, 11) is 3.73. The zero-order chi connectivity index (χ0) is 19.3. The van der Waals surface area contributed by atoms with Crippen molar-refractivity contribution in [3.63, 3.8) is 0 Å². The Bertz CT molecular complexity index is 752. The number of carbonyl (C=O) groups is 1. The van der Waals surface area contributed by atoms with E-state index in [1.54, 1.807) is 19.1 Å². The molecule has 2 rings (SSSR count). The lowest BCUT2D eigenvalue weighted by atomic mass is 10.1. The molecule has 0 spiro atoms. The number of nitrogens with zero attached hydrogens (tertiary/aromatic N) is 4. The number of nitrogens with one attached hydrogen (secondary N) is 2. The van der Waals surface area contributed by atoms with Crippen molar-refractivity contribution in [3.8, 4) is 0 Å². The summed E-state index contributed by atoms with van der Waals surface area (Å²) in [6.45, 7) is 6.48. The second kappa shape index (κ2) is 8.55. The normalized spacial score (nSPS) is 10.7. The fraction of sp³-hybridized carbons (Fsp3) is 0.444. The minimum absolute atomic E-state index is 0.174. The molecule has 8 heteroatoms. The van der Waals surface area contributed by atoms with E-state index in [0.29, 0.717) is 41.9 Å². The Balaban J connectivity index is 1.93. The van der Waals surface area contributed by atoms with Gasteiger partial charge in [0, 0.05) is 38.7 Å². The maximum absolute atomic E-state index is 13.5. The van der Waals surface area contributed by atoms with Crippen molar-refractivity contribution in [2.24, 2.45) is 0 Å². The fourth-order valence-electron chi connectivity index (χ4n) is 2.10. The maximum Gasteiger partial charge on any atom is 0.251 e. The molecule has 0 unspecified atom stereocenters. The second-order valence-corrected chi connectivity index (χ2v) is 6.51. The van der Waals surface area contributed by atoms with Crippen LogP contribution >= 0.6 is 0 Å². The number of aromatic nitrogens is 3. The molecule has 26 heavy (non-hydrogen) atoms. The highest BCUT2D eigenvalue weighted by molar-refractivity contribution is 5.94. The molecule has 0 radical (unpaired) electrons. The van der Waals surface area contributed by atoms with E-state index in [0.717, 1.165) is 0 Å². The summed E-state index contributed by atoms with van der Waals surface area (Å²) in [5.41, 5.74) is 0.806. The second-order valence-electron chi connectivity index (χ2n) is 6.51. The molecule has 7 nitrogen and oxygen atoms in total. The Hall–Kier alpha value is -2.77. The first-order chi connectivity index (χ1) is 12.3. The third-order valence-corrected chi connectivity index (χ3v) is 3.68. The van der Waals surface area contributed by atoms with E-state index in [1.807, 2.05) is 32.8 Å². The van der Waals surface area contributed by atoms with Crippen LogP contribution < -0.4 is 15.5 Å². The average molecular weight is 360 g/mol. The van der Waals surface area contributed by atoms with Crippen molar-refractivity contribution in [1.82, 2.24) is 20.3 Å². The van der Waals surface area contributed by atoms with E-state index < -0.39 is 5.82 Å². The number of benzene rings is 1. The molecule has 1 aromatic carbocycles. The highest BCUT2D eigenvalue weighted by Crippen LogP contribution is 2.14. The summed E-state index contributed by atoms with van der Waals surface area (Å²) >= 11 is 0. The van der Waals surface area contributed by atoms with Crippen LogP contribution in [0.25, 0.3) is 0 Å². The highest BCUT2D eigenvalue weighted by atomic mass is 19.1. The molecule has 0 saturated carbocycles. The summed E-state index contributed by atoms with van der Waals surface area (Å²) < 4.78 is 13.5. The zero-order valence-electron chi connectivity index (χ0n) is 15.8. The molecular weight excluding hydrogens is 335 g/mol. The Morgan fingerprint density at radius 3 is 2.54 bits per heavy atom. The van der Waals surface area contributed by atoms with Gasteiger partial charge in [-0.05, 0) is 24.6 Å². The van der Waals surface area contributed by atoms with Gasteiger partial charge in [-0.3, -0.25) is 4.79 Å². The van der Waals surface area contributed by atoms with Gasteiger partial charge in [0.05, 0.1) is 0 Å². The number of hydrogen-bond donors (Lipinski definition) is 2. The minimum Gasteiger partial charge on any atom is -0.352 e. The monoisotopic (exact) mass is 360 g/mol. The first-order valence-electron chi connectivity index (χ1n) is 8.49. The van der Waals surface area contributed by atoms with Crippen LogP contribution in [0.2, 0.25) is 0 Å². The molecule has 0 aliphatic carbocycles. The molecule has 1 amide bonds. The predicted molar refractivity (Wildman–Crippen MR) is 100 cm³/mol. The average Bonchev–Trinajstić information content (AvgIpc) is 2.60. The van der Waals surface area contributed by atoms with Crippen molar-refractivity contribution in [1.29, 1.82) is 0 Å². The van der Waals surface area contributed by atoms with Gasteiger partial charge in [0.25, 0.3) is 5.91 Å². The van der Waals surface area contributed by atoms with Crippen LogP contribution in [0.4, 0.5) is 16.3 Å². The van der Waals surface area contributed by atoms with E-state index in [1.165, 1.54) is 6.07 Å². The van der Waals surface area contributed by atoms with Crippen LogP contribution in [0.15, 0.2) is 18.2 Å². The molecule has 2 N–H and O–H groups in total. The van der Waals surface area contributed by atoms with Gasteiger partial charge >= 0.3 is 0 Å². The van der Waals surface area contributed by atoms with E-state index in [2.05, 4.69) is 25.6 Å². The van der Waals surface area contributed by atoms with E-state index in [4.69, 9.17) is 0 Å². The minimum atomic E-state index is -0.390. The van der Waals surface area contributed by atoms with Gasteiger partial charge in [-0.25, -0.2) is 4.39 Å². The summed E-state index contributed by atoms with van der Waals surface area (Å²) in [4.78, 5) is 27.0. The van der Waals surface area contributed by atoms with E-state index in [-0.39, 0.29) is 11.8 Å². The summed E-state index contributed by atoms with van der Waals surface area (Å²) in [6, 6.07) is 4.43. The number of hydrogen-bond acceptors (Lipinski definition) is 6. The Morgan fingerprint density at radius 2 is 1.92 bits per heavy atom. The molecule has 0 fully saturated rings. The molecule has 0 saturated heterocycles. The van der Waals surface area contributed by atoms with Gasteiger partial charge in [0.2, 0.25) is 11.9 Å². The van der Waals surface area contributed by atoms with Crippen LogP contribution in [0.5, 0.6) is 0 Å². The van der Waals surface area contributed by atoms with Crippen molar-refractivity contribution in [3.05, 3.63) is 41.0 Å². The van der Waals surface area contributed by atoms with Gasteiger partial charge in [-0.1, -0.05) is 19.9 Å². The molecular formula is C18H25FN6O. The smallest absolute Gasteiger partial charge is 0.251 e. The molecule has 0 bridgehead atoms. The first-order valence-corrected chi connectivity index (χ1v) is 8.49.